The fourth-order valence-electron chi connectivity index (χ4n) is 4.72. The Morgan fingerprint density at radius 3 is 2.65 bits per heavy atom. The number of nitrogens with one attached hydrogen (secondary N) is 1. The van der Waals surface area contributed by atoms with E-state index in [2.05, 4.69) is 39.1 Å². The van der Waals surface area contributed by atoms with Gasteiger partial charge < -0.3 is 11.1 Å². The molecule has 1 atom stereocenters. The monoisotopic (exact) mass is 515 g/mol. The van der Waals surface area contributed by atoms with Gasteiger partial charge in [-0.15, -0.1) is 0 Å². The van der Waals surface area contributed by atoms with Crippen LogP contribution >= 0.6 is 0 Å². The smallest absolute Gasteiger partial charge is 0.369 e. The first kappa shape index (κ1) is 26.6. The molecule has 1 aliphatic rings. The molecule has 3 N–H and O–H groups in total. The molecule has 0 bridgehead atoms. The number of primary amides is 1. The quantitative estimate of drug-likeness (QED) is 0.441. The first-order valence-electron chi connectivity index (χ1n) is 12.4. The highest BCUT2D eigenvalue weighted by Gasteiger charge is 2.35. The molecule has 3 heterocycles. The maximum absolute atomic E-state index is 13.7. The van der Waals surface area contributed by atoms with E-state index in [0.717, 1.165) is 37.7 Å². The van der Waals surface area contributed by atoms with Crippen molar-refractivity contribution >= 4 is 17.5 Å². The average Bonchev–Trinajstić information content (AvgIpc) is 3.31. The summed E-state index contributed by atoms with van der Waals surface area (Å²) >= 11 is 0. The molecule has 0 radical (unpaired) electrons. The van der Waals surface area contributed by atoms with Crippen molar-refractivity contribution in [3.8, 4) is 0 Å². The Kier molecular flexibility index (Phi) is 8.11. The molecule has 11 heteroatoms. The molecule has 1 fully saturated rings. The number of hydrogen-bond acceptors (Lipinski definition) is 6. The van der Waals surface area contributed by atoms with Crippen molar-refractivity contribution in [3.05, 3.63) is 65.2 Å². The second kappa shape index (κ2) is 11.3. The van der Waals surface area contributed by atoms with Gasteiger partial charge in [-0.2, -0.15) is 18.3 Å². The molecule has 1 saturated heterocycles. The second-order valence-electron chi connectivity index (χ2n) is 9.68. The van der Waals surface area contributed by atoms with Crippen molar-refractivity contribution in [2.24, 2.45) is 5.73 Å². The average molecular weight is 516 g/mol. The Morgan fingerprint density at radius 1 is 1.19 bits per heavy atom. The molecular formula is C26H32F3N7O. The molecule has 2 aromatic heterocycles. The number of anilines is 2. The van der Waals surface area contributed by atoms with Gasteiger partial charge >= 0.3 is 6.18 Å². The lowest BCUT2D eigenvalue weighted by Gasteiger charge is -2.35. The number of hydrogen-bond donors (Lipinski definition) is 2. The van der Waals surface area contributed by atoms with Crippen molar-refractivity contribution in [3.63, 3.8) is 0 Å². The van der Waals surface area contributed by atoms with Crippen LogP contribution in [0.1, 0.15) is 55.1 Å². The first-order valence-corrected chi connectivity index (χ1v) is 12.4. The van der Waals surface area contributed by atoms with Gasteiger partial charge in [0.25, 0.3) is 0 Å². The highest BCUT2D eigenvalue weighted by molar-refractivity contribution is 5.77. The molecule has 1 unspecified atom stereocenters. The van der Waals surface area contributed by atoms with Gasteiger partial charge in [-0.05, 0) is 57.2 Å². The maximum Gasteiger partial charge on any atom is 0.419 e. The molecular weight excluding hydrogens is 483 g/mol. The lowest BCUT2D eigenvalue weighted by Crippen LogP contribution is -2.40. The number of aromatic nitrogens is 4. The van der Waals surface area contributed by atoms with Crippen molar-refractivity contribution < 1.29 is 18.0 Å². The molecule has 0 spiro atoms. The van der Waals surface area contributed by atoms with Gasteiger partial charge in [0.1, 0.15) is 0 Å². The van der Waals surface area contributed by atoms with Crippen LogP contribution in [0, 0.1) is 0 Å². The van der Waals surface area contributed by atoms with Crippen molar-refractivity contribution in [2.45, 2.75) is 64.2 Å². The summed E-state index contributed by atoms with van der Waals surface area (Å²) in [4.78, 5) is 21.9. The SMILES string of the molecule is CC(C)N1CCCC(n2cc(Nc3ncc(C(F)(F)F)c(CCc4ccccc4CC(N)=O)n3)cn2)C1. The fourth-order valence-corrected chi connectivity index (χ4v) is 4.72. The number of rotatable bonds is 9. The van der Waals surface area contributed by atoms with Crippen molar-refractivity contribution in [1.29, 1.82) is 0 Å². The molecule has 8 nitrogen and oxygen atoms in total. The van der Waals surface area contributed by atoms with Gasteiger partial charge in [-0.3, -0.25) is 14.4 Å². The van der Waals surface area contributed by atoms with Crippen LogP contribution in [-0.2, 0) is 30.2 Å². The first-order chi connectivity index (χ1) is 17.6. The maximum atomic E-state index is 13.7. The predicted octanol–water partition coefficient (Wildman–Crippen LogP) is 4.29. The Balaban J connectivity index is 1.51. The number of aryl methyl sites for hydroxylation is 2. The molecule has 1 amide bonds. The van der Waals surface area contributed by atoms with Crippen LogP contribution in [0.15, 0.2) is 42.9 Å². The summed E-state index contributed by atoms with van der Waals surface area (Å²) < 4.78 is 43.0. The summed E-state index contributed by atoms with van der Waals surface area (Å²) in [5.41, 5.74) is 6.38. The zero-order valence-electron chi connectivity index (χ0n) is 21.0. The number of benzene rings is 1. The predicted molar refractivity (Wildman–Crippen MR) is 134 cm³/mol. The van der Waals surface area contributed by atoms with E-state index < -0.39 is 17.6 Å². The molecule has 1 aliphatic heterocycles. The summed E-state index contributed by atoms with van der Waals surface area (Å²) in [6.07, 6.45) is 2.12. The zero-order valence-corrected chi connectivity index (χ0v) is 21.0. The minimum atomic E-state index is -4.59. The summed E-state index contributed by atoms with van der Waals surface area (Å²) in [5.74, 6) is -0.428. The summed E-state index contributed by atoms with van der Waals surface area (Å²) in [5, 5.41) is 7.48. The van der Waals surface area contributed by atoms with E-state index in [1.165, 1.54) is 0 Å². The highest BCUT2D eigenvalue weighted by Crippen LogP contribution is 2.32. The molecule has 1 aromatic carbocycles. The molecule has 0 saturated carbocycles. The number of carbonyl (C=O) groups excluding carboxylic acids is 1. The number of halogens is 3. The van der Waals surface area contributed by atoms with Crippen LogP contribution in [0.2, 0.25) is 0 Å². The number of carbonyl (C=O) groups is 1. The molecule has 4 rings (SSSR count). The Hall–Kier alpha value is -3.47. The van der Waals surface area contributed by atoms with Gasteiger partial charge in [-0.1, -0.05) is 24.3 Å². The van der Waals surface area contributed by atoms with Crippen LogP contribution in [0.4, 0.5) is 24.8 Å². The second-order valence-corrected chi connectivity index (χ2v) is 9.68. The zero-order chi connectivity index (χ0) is 26.6. The van der Waals surface area contributed by atoms with Crippen molar-refractivity contribution in [2.75, 3.05) is 18.4 Å². The molecule has 0 aliphatic carbocycles. The van der Waals surface area contributed by atoms with E-state index in [1.54, 1.807) is 30.5 Å². The Bertz CT molecular complexity index is 1220. The van der Waals surface area contributed by atoms with Gasteiger partial charge in [0.15, 0.2) is 0 Å². The Morgan fingerprint density at radius 2 is 1.95 bits per heavy atom. The standard InChI is InChI=1S/C26H32F3N7O/c1-17(2)35-11-5-8-21(16-35)36-15-20(13-32-36)33-25-31-14-22(26(27,28)29)23(34-25)10-9-18-6-3-4-7-19(18)12-24(30)37/h3-4,6-7,13-15,17,21H,5,8-12,16H2,1-2H3,(H2,30,37)(H,31,33,34). The van der Waals surface area contributed by atoms with Crippen LogP contribution < -0.4 is 11.1 Å². The summed E-state index contributed by atoms with van der Waals surface area (Å²) in [6, 6.07) is 7.77. The Labute approximate surface area is 214 Å². The van der Waals surface area contributed by atoms with Gasteiger partial charge in [-0.25, -0.2) is 9.97 Å². The summed E-state index contributed by atoms with van der Waals surface area (Å²) in [6.45, 7) is 6.31. The third kappa shape index (κ3) is 6.85. The van der Waals surface area contributed by atoms with Gasteiger partial charge in [0, 0.05) is 25.0 Å². The topological polar surface area (TPSA) is 102 Å². The van der Waals surface area contributed by atoms with E-state index >= 15 is 0 Å². The number of nitrogens with two attached hydrogens (primary N) is 1. The van der Waals surface area contributed by atoms with E-state index in [-0.39, 0.29) is 36.9 Å². The normalized spacial score (nSPS) is 16.8. The van der Waals surface area contributed by atoms with Gasteiger partial charge in [0.2, 0.25) is 11.9 Å². The van der Waals surface area contributed by atoms with E-state index in [4.69, 9.17) is 5.73 Å². The lowest BCUT2D eigenvalue weighted by molar-refractivity contribution is -0.138. The number of piperidine rings is 1. The highest BCUT2D eigenvalue weighted by atomic mass is 19.4. The van der Waals surface area contributed by atoms with E-state index in [0.29, 0.717) is 17.3 Å². The third-order valence-electron chi connectivity index (χ3n) is 6.68. The minimum absolute atomic E-state index is 0.0220. The van der Waals surface area contributed by atoms with Crippen molar-refractivity contribution in [1.82, 2.24) is 24.6 Å². The number of nitrogens with zero attached hydrogens (tertiary/aromatic N) is 5. The van der Waals surface area contributed by atoms with Crippen LogP contribution in [0.25, 0.3) is 0 Å². The fraction of sp³-hybridized carbons (Fsp3) is 0.462. The van der Waals surface area contributed by atoms with Crippen LogP contribution in [0.5, 0.6) is 0 Å². The minimum Gasteiger partial charge on any atom is -0.369 e. The largest absolute Gasteiger partial charge is 0.419 e. The number of alkyl halides is 3. The number of likely N-dealkylation sites (tertiary alicyclic amines) is 1. The van der Waals surface area contributed by atoms with E-state index in [9.17, 15) is 18.0 Å². The third-order valence-corrected chi connectivity index (χ3v) is 6.68. The lowest BCUT2D eigenvalue weighted by atomic mass is 9.98. The molecule has 198 valence electrons. The van der Waals surface area contributed by atoms with E-state index in [1.807, 2.05) is 10.9 Å². The molecule has 3 aromatic rings. The van der Waals surface area contributed by atoms with Gasteiger partial charge in [0.05, 0.1) is 35.6 Å². The van der Waals surface area contributed by atoms with Crippen LogP contribution in [0.3, 0.4) is 0 Å². The molecule has 37 heavy (non-hydrogen) atoms. The summed E-state index contributed by atoms with van der Waals surface area (Å²) in [7, 11) is 0. The van der Waals surface area contributed by atoms with Crippen LogP contribution in [-0.4, -0.2) is 49.7 Å². The number of amides is 1.